The van der Waals surface area contributed by atoms with Gasteiger partial charge in [0.2, 0.25) is 5.91 Å². The third kappa shape index (κ3) is 2.45. The third-order valence-corrected chi connectivity index (χ3v) is 2.65. The monoisotopic (exact) mass is 200 g/mol. The number of ether oxygens (including phenoxy) is 1. The molecule has 0 bridgehead atoms. The Kier molecular flexibility index (Phi) is 3.89. The molecule has 0 spiro atoms. The summed E-state index contributed by atoms with van der Waals surface area (Å²) >= 11 is 0. The van der Waals surface area contributed by atoms with Crippen LogP contribution in [0.5, 0.6) is 0 Å². The zero-order chi connectivity index (χ0) is 10.7. The third-order valence-electron chi connectivity index (χ3n) is 2.65. The van der Waals surface area contributed by atoms with Crippen LogP contribution >= 0.6 is 0 Å². The van der Waals surface area contributed by atoms with Crippen molar-refractivity contribution in [2.24, 2.45) is 11.7 Å². The van der Waals surface area contributed by atoms with E-state index in [1.807, 2.05) is 25.7 Å². The van der Waals surface area contributed by atoms with Gasteiger partial charge in [-0.25, -0.2) is 0 Å². The summed E-state index contributed by atoms with van der Waals surface area (Å²) < 4.78 is 5.27. The van der Waals surface area contributed by atoms with E-state index in [-0.39, 0.29) is 23.9 Å². The largest absolute Gasteiger partial charge is 0.377 e. The van der Waals surface area contributed by atoms with Gasteiger partial charge in [0.15, 0.2) is 0 Å². The van der Waals surface area contributed by atoms with Gasteiger partial charge in [0.05, 0.1) is 25.3 Å². The van der Waals surface area contributed by atoms with Crippen LogP contribution in [0, 0.1) is 5.92 Å². The molecule has 1 aliphatic heterocycles. The predicted molar refractivity (Wildman–Crippen MR) is 54.8 cm³/mol. The van der Waals surface area contributed by atoms with Gasteiger partial charge in [-0.15, -0.1) is 0 Å². The van der Waals surface area contributed by atoms with Crippen molar-refractivity contribution < 1.29 is 9.53 Å². The van der Waals surface area contributed by atoms with Crippen molar-refractivity contribution in [2.75, 3.05) is 19.8 Å². The summed E-state index contributed by atoms with van der Waals surface area (Å²) in [5.74, 6) is 0.244. The minimum Gasteiger partial charge on any atom is -0.377 e. The Bertz CT molecular complexity index is 206. The quantitative estimate of drug-likeness (QED) is 0.693. The van der Waals surface area contributed by atoms with Gasteiger partial charge in [0.1, 0.15) is 0 Å². The minimum atomic E-state index is -0.379. The molecular weight excluding hydrogens is 180 g/mol. The van der Waals surface area contributed by atoms with Gasteiger partial charge in [-0.3, -0.25) is 4.79 Å². The van der Waals surface area contributed by atoms with Gasteiger partial charge in [-0.2, -0.15) is 0 Å². The van der Waals surface area contributed by atoms with Gasteiger partial charge in [-0.1, -0.05) is 13.8 Å². The van der Waals surface area contributed by atoms with Crippen LogP contribution in [0.1, 0.15) is 20.8 Å². The van der Waals surface area contributed by atoms with Gasteiger partial charge in [0.25, 0.3) is 0 Å². The number of carbonyl (C=O) groups is 1. The van der Waals surface area contributed by atoms with Crippen LogP contribution in [0.15, 0.2) is 0 Å². The van der Waals surface area contributed by atoms with Crippen molar-refractivity contribution in [3.63, 3.8) is 0 Å². The first-order chi connectivity index (χ1) is 6.54. The summed E-state index contributed by atoms with van der Waals surface area (Å²) in [5, 5.41) is 0. The Morgan fingerprint density at radius 1 is 1.57 bits per heavy atom. The molecule has 14 heavy (non-hydrogen) atoms. The van der Waals surface area contributed by atoms with E-state index < -0.39 is 0 Å². The van der Waals surface area contributed by atoms with E-state index in [0.29, 0.717) is 19.8 Å². The smallest absolute Gasteiger partial charge is 0.240 e. The number of nitrogens with two attached hydrogens (primary N) is 1. The first-order valence-corrected chi connectivity index (χ1v) is 5.18. The van der Waals surface area contributed by atoms with E-state index in [1.54, 1.807) is 0 Å². The Morgan fingerprint density at radius 3 is 2.71 bits per heavy atom. The van der Waals surface area contributed by atoms with Crippen LogP contribution in [0.4, 0.5) is 0 Å². The molecule has 0 aromatic carbocycles. The first kappa shape index (κ1) is 11.5. The lowest BCUT2D eigenvalue weighted by molar-refractivity contribution is -0.141. The fourth-order valence-corrected chi connectivity index (χ4v) is 1.53. The molecule has 1 unspecified atom stereocenters. The molecule has 82 valence electrons. The maximum absolute atomic E-state index is 11.9. The van der Waals surface area contributed by atoms with Crippen molar-refractivity contribution in [2.45, 2.75) is 32.9 Å². The fourth-order valence-electron chi connectivity index (χ4n) is 1.53. The van der Waals surface area contributed by atoms with Crippen LogP contribution in [-0.4, -0.2) is 42.6 Å². The lowest BCUT2D eigenvalue weighted by atomic mass is 10.0. The van der Waals surface area contributed by atoms with Crippen LogP contribution in [0.2, 0.25) is 0 Å². The number of morpholine rings is 1. The van der Waals surface area contributed by atoms with E-state index in [4.69, 9.17) is 10.5 Å². The minimum absolute atomic E-state index is 0.0517. The second-order valence-electron chi connectivity index (χ2n) is 4.23. The summed E-state index contributed by atoms with van der Waals surface area (Å²) in [4.78, 5) is 13.7. The number of amides is 1. The number of carbonyl (C=O) groups excluding carboxylic acids is 1. The highest BCUT2D eigenvalue weighted by atomic mass is 16.5. The van der Waals surface area contributed by atoms with Crippen molar-refractivity contribution in [3.8, 4) is 0 Å². The van der Waals surface area contributed by atoms with Gasteiger partial charge < -0.3 is 15.4 Å². The van der Waals surface area contributed by atoms with E-state index in [9.17, 15) is 4.79 Å². The Hall–Kier alpha value is -0.610. The molecule has 4 nitrogen and oxygen atoms in total. The summed E-state index contributed by atoms with van der Waals surface area (Å²) in [7, 11) is 0. The van der Waals surface area contributed by atoms with Crippen molar-refractivity contribution in [3.05, 3.63) is 0 Å². The van der Waals surface area contributed by atoms with Crippen molar-refractivity contribution in [1.82, 2.24) is 4.90 Å². The Balaban J connectivity index is 2.58. The molecule has 0 aromatic rings. The summed E-state index contributed by atoms with van der Waals surface area (Å²) in [6, 6.07) is -0.225. The van der Waals surface area contributed by atoms with Crippen molar-refractivity contribution >= 4 is 5.91 Å². The molecule has 1 saturated heterocycles. The zero-order valence-electron chi connectivity index (χ0n) is 9.19. The van der Waals surface area contributed by atoms with E-state index in [1.165, 1.54) is 0 Å². The molecular formula is C10H20N2O2. The Morgan fingerprint density at radius 2 is 2.21 bits per heavy atom. The van der Waals surface area contributed by atoms with E-state index in [2.05, 4.69) is 0 Å². The predicted octanol–water partition coefficient (Wildman–Crippen LogP) is 0.217. The Labute approximate surface area is 85.4 Å². The molecule has 0 aromatic heterocycles. The molecule has 1 rings (SSSR count). The molecule has 2 atom stereocenters. The maximum Gasteiger partial charge on any atom is 0.240 e. The molecule has 2 N–H and O–H groups in total. The zero-order valence-corrected chi connectivity index (χ0v) is 9.19. The molecule has 1 aliphatic rings. The highest BCUT2D eigenvalue weighted by Crippen LogP contribution is 2.10. The fraction of sp³-hybridized carbons (Fsp3) is 0.900. The topological polar surface area (TPSA) is 55.6 Å². The second kappa shape index (κ2) is 4.75. The normalized spacial score (nSPS) is 25.2. The van der Waals surface area contributed by atoms with Crippen LogP contribution in [0.25, 0.3) is 0 Å². The van der Waals surface area contributed by atoms with Crippen molar-refractivity contribution in [1.29, 1.82) is 0 Å². The average molecular weight is 200 g/mol. The molecule has 0 saturated carbocycles. The van der Waals surface area contributed by atoms with Gasteiger partial charge in [-0.05, 0) is 12.8 Å². The summed E-state index contributed by atoms with van der Waals surface area (Å²) in [6.45, 7) is 7.84. The molecule has 1 amide bonds. The van der Waals surface area contributed by atoms with Crippen LogP contribution < -0.4 is 5.73 Å². The summed E-state index contributed by atoms with van der Waals surface area (Å²) in [5.41, 5.74) is 5.82. The standard InChI is InChI=1S/C10H20N2O2/c1-7(2)9(11)10(13)12-4-5-14-6-8(12)3/h7-9H,4-6,11H2,1-3H3/t8-,9?/m1/s1. The van der Waals surface area contributed by atoms with Crippen LogP contribution in [0.3, 0.4) is 0 Å². The highest BCUT2D eigenvalue weighted by molar-refractivity contribution is 5.82. The van der Waals surface area contributed by atoms with E-state index >= 15 is 0 Å². The lowest BCUT2D eigenvalue weighted by Gasteiger charge is -2.35. The summed E-state index contributed by atoms with van der Waals surface area (Å²) in [6.07, 6.45) is 0. The van der Waals surface area contributed by atoms with E-state index in [0.717, 1.165) is 0 Å². The lowest BCUT2D eigenvalue weighted by Crippen LogP contribution is -2.54. The molecule has 4 heteroatoms. The molecule has 0 aliphatic carbocycles. The second-order valence-corrected chi connectivity index (χ2v) is 4.23. The number of hydrogen-bond donors (Lipinski definition) is 1. The maximum atomic E-state index is 11.9. The molecule has 1 fully saturated rings. The highest BCUT2D eigenvalue weighted by Gasteiger charge is 2.28. The first-order valence-electron chi connectivity index (χ1n) is 5.18. The molecule has 0 radical (unpaired) electrons. The van der Waals surface area contributed by atoms with Gasteiger partial charge in [0, 0.05) is 6.54 Å². The number of hydrogen-bond acceptors (Lipinski definition) is 3. The SMILES string of the molecule is CC(C)C(N)C(=O)N1CCOC[C@H]1C. The molecule has 1 heterocycles. The number of rotatable bonds is 2. The van der Waals surface area contributed by atoms with Gasteiger partial charge >= 0.3 is 0 Å². The van der Waals surface area contributed by atoms with Crippen LogP contribution in [-0.2, 0) is 9.53 Å². The number of nitrogens with zero attached hydrogens (tertiary/aromatic N) is 1. The average Bonchev–Trinajstić information content (AvgIpc) is 2.16.